The maximum Gasteiger partial charge on any atom is 0.336 e. The van der Waals surface area contributed by atoms with Gasteiger partial charge in [0.15, 0.2) is 0 Å². The van der Waals surface area contributed by atoms with Gasteiger partial charge in [0.25, 0.3) is 0 Å². The SMILES string of the molecule is O=C(O)c1c(C2CCCCC2)cc(C2CCCCC2)cc1C1CCCCC1. The Morgan fingerprint density at radius 1 is 0.630 bits per heavy atom. The molecule has 3 aliphatic carbocycles. The van der Waals surface area contributed by atoms with Gasteiger partial charge >= 0.3 is 5.97 Å². The molecule has 1 aromatic rings. The second kappa shape index (κ2) is 8.80. The van der Waals surface area contributed by atoms with Crippen LogP contribution in [0.2, 0.25) is 0 Å². The van der Waals surface area contributed by atoms with Crippen molar-refractivity contribution in [3.63, 3.8) is 0 Å². The summed E-state index contributed by atoms with van der Waals surface area (Å²) in [5.41, 5.74) is 4.57. The summed E-state index contributed by atoms with van der Waals surface area (Å²) in [5.74, 6) is 0.920. The minimum Gasteiger partial charge on any atom is -0.478 e. The van der Waals surface area contributed by atoms with E-state index < -0.39 is 5.97 Å². The highest BCUT2D eigenvalue weighted by Crippen LogP contribution is 2.43. The van der Waals surface area contributed by atoms with Gasteiger partial charge in [0, 0.05) is 0 Å². The lowest BCUT2D eigenvalue weighted by molar-refractivity contribution is 0.0692. The number of aromatic carboxylic acids is 1. The molecule has 1 N–H and O–H groups in total. The molecular formula is C25H36O2. The van der Waals surface area contributed by atoms with E-state index in [1.807, 2.05) is 0 Å². The molecule has 0 heterocycles. The van der Waals surface area contributed by atoms with Crippen LogP contribution in [0.15, 0.2) is 12.1 Å². The van der Waals surface area contributed by atoms with Crippen LogP contribution in [0.25, 0.3) is 0 Å². The van der Waals surface area contributed by atoms with Crippen LogP contribution in [-0.2, 0) is 0 Å². The highest BCUT2D eigenvalue weighted by Gasteiger charge is 2.30. The van der Waals surface area contributed by atoms with Crippen molar-refractivity contribution in [2.75, 3.05) is 0 Å². The standard InChI is InChI=1S/C25H36O2/c26-25(27)24-22(19-12-6-2-7-13-19)16-21(18-10-4-1-5-11-18)17-23(24)20-14-8-3-9-15-20/h16-20H,1-15H2,(H,26,27). The van der Waals surface area contributed by atoms with Crippen molar-refractivity contribution in [3.05, 3.63) is 34.4 Å². The van der Waals surface area contributed by atoms with Crippen molar-refractivity contribution in [1.29, 1.82) is 0 Å². The molecular weight excluding hydrogens is 332 g/mol. The van der Waals surface area contributed by atoms with Crippen LogP contribution in [-0.4, -0.2) is 11.1 Å². The summed E-state index contributed by atoms with van der Waals surface area (Å²) in [6, 6.07) is 4.70. The first kappa shape index (κ1) is 19.0. The van der Waals surface area contributed by atoms with Crippen LogP contribution in [0, 0.1) is 0 Å². The molecule has 0 atom stereocenters. The fourth-order valence-corrected chi connectivity index (χ4v) is 6.10. The first-order chi connectivity index (χ1) is 13.2. The minimum absolute atomic E-state index is 0.468. The molecule has 3 saturated carbocycles. The first-order valence-electron chi connectivity index (χ1n) is 11.6. The van der Waals surface area contributed by atoms with E-state index in [-0.39, 0.29) is 0 Å². The molecule has 0 radical (unpaired) electrons. The van der Waals surface area contributed by atoms with E-state index in [4.69, 9.17) is 0 Å². The van der Waals surface area contributed by atoms with Crippen molar-refractivity contribution in [1.82, 2.24) is 0 Å². The maximum atomic E-state index is 12.4. The summed E-state index contributed by atoms with van der Waals surface area (Å²) < 4.78 is 0. The number of hydrogen-bond acceptors (Lipinski definition) is 1. The third kappa shape index (κ3) is 4.25. The lowest BCUT2D eigenvalue weighted by atomic mass is 9.73. The van der Waals surface area contributed by atoms with Gasteiger partial charge in [-0.1, -0.05) is 69.9 Å². The summed E-state index contributed by atoms with van der Waals surface area (Å²) in [7, 11) is 0. The molecule has 2 heteroatoms. The quantitative estimate of drug-likeness (QED) is 0.596. The van der Waals surface area contributed by atoms with E-state index in [2.05, 4.69) is 12.1 Å². The third-order valence-corrected chi connectivity index (χ3v) is 7.60. The van der Waals surface area contributed by atoms with E-state index >= 15 is 0 Å². The van der Waals surface area contributed by atoms with E-state index in [1.54, 1.807) is 0 Å². The number of carbonyl (C=O) groups is 1. The molecule has 3 aliphatic rings. The Labute approximate surface area is 164 Å². The average molecular weight is 369 g/mol. The lowest BCUT2D eigenvalue weighted by Crippen LogP contribution is -2.18. The largest absolute Gasteiger partial charge is 0.478 e. The highest BCUT2D eigenvalue weighted by atomic mass is 16.4. The van der Waals surface area contributed by atoms with Gasteiger partial charge in [0.2, 0.25) is 0 Å². The van der Waals surface area contributed by atoms with Crippen LogP contribution >= 0.6 is 0 Å². The molecule has 0 saturated heterocycles. The number of benzene rings is 1. The Morgan fingerprint density at radius 3 is 1.37 bits per heavy atom. The van der Waals surface area contributed by atoms with Crippen LogP contribution in [0.4, 0.5) is 0 Å². The summed E-state index contributed by atoms with van der Waals surface area (Å²) in [5, 5.41) is 10.2. The molecule has 4 rings (SSSR count). The van der Waals surface area contributed by atoms with Crippen LogP contribution < -0.4 is 0 Å². The van der Waals surface area contributed by atoms with Crippen molar-refractivity contribution >= 4 is 5.97 Å². The fraction of sp³-hybridized carbons (Fsp3) is 0.720. The zero-order valence-electron chi connectivity index (χ0n) is 16.8. The molecule has 0 aliphatic heterocycles. The van der Waals surface area contributed by atoms with E-state index in [0.29, 0.717) is 23.3 Å². The predicted molar refractivity (Wildman–Crippen MR) is 111 cm³/mol. The van der Waals surface area contributed by atoms with Gasteiger partial charge in [-0.15, -0.1) is 0 Å². The lowest BCUT2D eigenvalue weighted by Gasteiger charge is -2.31. The number of carboxylic acid groups (broad SMARTS) is 1. The Balaban J connectivity index is 1.79. The molecule has 2 nitrogen and oxygen atoms in total. The Bertz CT molecular complexity index is 605. The summed E-state index contributed by atoms with van der Waals surface area (Å²) >= 11 is 0. The number of rotatable bonds is 4. The molecule has 0 unspecified atom stereocenters. The zero-order chi connectivity index (χ0) is 18.6. The van der Waals surface area contributed by atoms with Gasteiger partial charge in [-0.25, -0.2) is 4.79 Å². The van der Waals surface area contributed by atoms with Gasteiger partial charge in [-0.2, -0.15) is 0 Å². The van der Waals surface area contributed by atoms with Gasteiger partial charge in [-0.3, -0.25) is 0 Å². The maximum absolute atomic E-state index is 12.4. The first-order valence-corrected chi connectivity index (χ1v) is 11.6. The zero-order valence-corrected chi connectivity index (χ0v) is 16.8. The molecule has 1 aromatic carbocycles. The van der Waals surface area contributed by atoms with Gasteiger partial charge in [0.05, 0.1) is 5.56 Å². The minimum atomic E-state index is -0.675. The van der Waals surface area contributed by atoms with Gasteiger partial charge in [-0.05, 0) is 73.0 Å². The van der Waals surface area contributed by atoms with E-state index in [1.165, 1.54) is 113 Å². The second-order valence-corrected chi connectivity index (χ2v) is 9.38. The van der Waals surface area contributed by atoms with Crippen LogP contribution in [0.3, 0.4) is 0 Å². The Hall–Kier alpha value is -1.31. The van der Waals surface area contributed by atoms with Crippen molar-refractivity contribution in [2.24, 2.45) is 0 Å². The molecule has 0 spiro atoms. The second-order valence-electron chi connectivity index (χ2n) is 9.38. The topological polar surface area (TPSA) is 37.3 Å². The van der Waals surface area contributed by atoms with Gasteiger partial charge in [0.1, 0.15) is 0 Å². The third-order valence-electron chi connectivity index (χ3n) is 7.60. The van der Waals surface area contributed by atoms with Gasteiger partial charge < -0.3 is 5.11 Å². The van der Waals surface area contributed by atoms with Crippen LogP contribution in [0.1, 0.15) is 141 Å². The molecule has 3 fully saturated rings. The Kier molecular flexibility index (Phi) is 6.20. The monoisotopic (exact) mass is 368 g/mol. The number of hydrogen-bond donors (Lipinski definition) is 1. The molecule has 27 heavy (non-hydrogen) atoms. The molecule has 148 valence electrons. The normalized spacial score (nSPS) is 23.4. The van der Waals surface area contributed by atoms with Crippen molar-refractivity contribution in [3.8, 4) is 0 Å². The van der Waals surface area contributed by atoms with E-state index in [9.17, 15) is 9.90 Å². The molecule has 0 bridgehead atoms. The van der Waals surface area contributed by atoms with Crippen LogP contribution in [0.5, 0.6) is 0 Å². The van der Waals surface area contributed by atoms with Crippen molar-refractivity contribution < 1.29 is 9.90 Å². The molecule has 0 amide bonds. The summed E-state index contributed by atoms with van der Waals surface area (Å²) in [6.07, 6.45) is 19.0. The average Bonchev–Trinajstić information content (AvgIpc) is 2.74. The Morgan fingerprint density at radius 2 is 1.00 bits per heavy atom. The summed E-state index contributed by atoms with van der Waals surface area (Å²) in [6.45, 7) is 0. The number of carboxylic acids is 1. The fourth-order valence-electron chi connectivity index (χ4n) is 6.10. The smallest absolute Gasteiger partial charge is 0.336 e. The summed E-state index contributed by atoms with van der Waals surface area (Å²) in [4.78, 5) is 12.4. The van der Waals surface area contributed by atoms with E-state index in [0.717, 1.165) is 0 Å². The predicted octanol–water partition coefficient (Wildman–Crippen LogP) is 7.53. The highest BCUT2D eigenvalue weighted by molar-refractivity contribution is 5.92. The molecule has 0 aromatic heterocycles. The van der Waals surface area contributed by atoms with Crippen molar-refractivity contribution in [2.45, 2.75) is 114 Å².